The number of nitrogens with one attached hydrogen (secondary N) is 2. The molecule has 29 heavy (non-hydrogen) atoms. The Labute approximate surface area is 168 Å². The predicted molar refractivity (Wildman–Crippen MR) is 105 cm³/mol. The first-order chi connectivity index (χ1) is 13.8. The lowest BCUT2D eigenvalue weighted by Crippen LogP contribution is -2.45. The summed E-state index contributed by atoms with van der Waals surface area (Å²) in [6, 6.07) is 11.1. The van der Waals surface area contributed by atoms with Gasteiger partial charge in [0.2, 0.25) is 0 Å². The van der Waals surface area contributed by atoms with Crippen LogP contribution >= 0.6 is 0 Å². The number of carbonyl (C=O) groups excluding carboxylic acids is 3. The molecule has 0 aromatic heterocycles. The number of esters is 1. The van der Waals surface area contributed by atoms with E-state index in [1.54, 1.807) is 44.2 Å². The zero-order valence-corrected chi connectivity index (χ0v) is 16.4. The lowest BCUT2D eigenvalue weighted by Gasteiger charge is -2.21. The first kappa shape index (κ1) is 21.9. The lowest BCUT2D eigenvalue weighted by molar-refractivity contribution is -0.150. The second kappa shape index (κ2) is 10.2. The van der Waals surface area contributed by atoms with Gasteiger partial charge in [0.15, 0.2) is 6.61 Å². The molecule has 2 N–H and O–H groups in total. The second-order valence-corrected chi connectivity index (χ2v) is 6.56. The molecule has 0 saturated carbocycles. The summed E-state index contributed by atoms with van der Waals surface area (Å²) in [4.78, 5) is 36.7. The molecule has 0 saturated heterocycles. The molecule has 0 unspecified atom stereocenters. The first-order valence-corrected chi connectivity index (χ1v) is 8.97. The van der Waals surface area contributed by atoms with Crippen LogP contribution in [0.25, 0.3) is 0 Å². The molecule has 0 aliphatic heterocycles. The summed E-state index contributed by atoms with van der Waals surface area (Å²) in [5, 5.41) is 4.93. The van der Waals surface area contributed by atoms with Crippen LogP contribution in [0.1, 0.15) is 24.2 Å². The van der Waals surface area contributed by atoms with E-state index in [9.17, 15) is 18.8 Å². The minimum absolute atomic E-state index is 0.0123. The van der Waals surface area contributed by atoms with Crippen LogP contribution in [0.3, 0.4) is 0 Å². The Morgan fingerprint density at radius 3 is 2.28 bits per heavy atom. The van der Waals surface area contributed by atoms with E-state index in [0.717, 1.165) is 0 Å². The van der Waals surface area contributed by atoms with Crippen molar-refractivity contribution >= 4 is 23.5 Å². The van der Waals surface area contributed by atoms with Gasteiger partial charge in [-0.2, -0.15) is 0 Å². The molecular weight excluding hydrogens is 379 g/mol. The molecule has 2 rings (SSSR count). The zero-order valence-electron chi connectivity index (χ0n) is 16.4. The number of hydrogen-bond donors (Lipinski definition) is 2. The molecule has 2 aromatic rings. The third-order valence-electron chi connectivity index (χ3n) is 4.05. The number of rotatable bonds is 8. The highest BCUT2D eigenvalue weighted by atomic mass is 19.1. The number of carbonyl (C=O) groups is 3. The van der Waals surface area contributed by atoms with E-state index >= 15 is 0 Å². The summed E-state index contributed by atoms with van der Waals surface area (Å²) in [7, 11) is 1.52. The van der Waals surface area contributed by atoms with Crippen LogP contribution in [0, 0.1) is 11.7 Å². The van der Waals surface area contributed by atoms with Crippen molar-refractivity contribution in [3.8, 4) is 5.75 Å². The molecule has 154 valence electrons. The van der Waals surface area contributed by atoms with Gasteiger partial charge in [-0.1, -0.05) is 26.0 Å². The average Bonchev–Trinajstić information content (AvgIpc) is 2.71. The largest absolute Gasteiger partial charge is 0.497 e. The molecule has 0 heterocycles. The van der Waals surface area contributed by atoms with E-state index in [1.807, 2.05) is 0 Å². The molecule has 0 spiro atoms. The van der Waals surface area contributed by atoms with Gasteiger partial charge in [-0.05, 0) is 42.3 Å². The van der Waals surface area contributed by atoms with E-state index in [4.69, 9.17) is 9.47 Å². The standard InChI is InChI=1S/C21H23FN2O5/c1-13(2)19(24-20(26)14-8-10-15(28-3)11-9-14)21(27)29-12-18(25)23-17-7-5-4-6-16(17)22/h4-11,13,19H,12H2,1-3H3,(H,23,25)(H,24,26)/t19-/m0/s1. The van der Waals surface area contributed by atoms with Crippen LogP contribution in [-0.4, -0.2) is 37.5 Å². The number of benzene rings is 2. The fourth-order valence-electron chi connectivity index (χ4n) is 2.44. The van der Waals surface area contributed by atoms with Crippen molar-refractivity contribution in [2.45, 2.75) is 19.9 Å². The van der Waals surface area contributed by atoms with Gasteiger partial charge in [-0.3, -0.25) is 9.59 Å². The first-order valence-electron chi connectivity index (χ1n) is 8.97. The Bertz CT molecular complexity index is 868. The van der Waals surface area contributed by atoms with Gasteiger partial charge in [-0.25, -0.2) is 9.18 Å². The minimum Gasteiger partial charge on any atom is -0.497 e. The maximum Gasteiger partial charge on any atom is 0.329 e. The van der Waals surface area contributed by atoms with Gasteiger partial charge in [0.05, 0.1) is 12.8 Å². The summed E-state index contributed by atoms with van der Waals surface area (Å²) in [6.07, 6.45) is 0. The van der Waals surface area contributed by atoms with Gasteiger partial charge in [0.1, 0.15) is 17.6 Å². The molecule has 0 bridgehead atoms. The highest BCUT2D eigenvalue weighted by molar-refractivity contribution is 5.97. The predicted octanol–water partition coefficient (Wildman–Crippen LogP) is 2.77. The van der Waals surface area contributed by atoms with Crippen LogP contribution < -0.4 is 15.4 Å². The topological polar surface area (TPSA) is 93.7 Å². The normalized spacial score (nSPS) is 11.5. The van der Waals surface area contributed by atoms with E-state index in [-0.39, 0.29) is 11.6 Å². The van der Waals surface area contributed by atoms with E-state index in [2.05, 4.69) is 10.6 Å². The van der Waals surface area contributed by atoms with Crippen LogP contribution in [0.4, 0.5) is 10.1 Å². The Hall–Kier alpha value is -3.42. The van der Waals surface area contributed by atoms with Gasteiger partial charge >= 0.3 is 5.97 Å². The van der Waals surface area contributed by atoms with E-state index < -0.39 is 36.2 Å². The van der Waals surface area contributed by atoms with Crippen LogP contribution in [-0.2, 0) is 14.3 Å². The number of amides is 2. The molecule has 0 aliphatic rings. The monoisotopic (exact) mass is 402 g/mol. The third-order valence-corrected chi connectivity index (χ3v) is 4.05. The Balaban J connectivity index is 1.93. The van der Waals surface area contributed by atoms with Crippen molar-refractivity contribution in [1.29, 1.82) is 0 Å². The highest BCUT2D eigenvalue weighted by Crippen LogP contribution is 2.14. The van der Waals surface area contributed by atoms with Gasteiger partial charge in [0, 0.05) is 5.56 Å². The summed E-state index contributed by atoms with van der Waals surface area (Å²) >= 11 is 0. The smallest absolute Gasteiger partial charge is 0.329 e. The van der Waals surface area contributed by atoms with Crippen molar-refractivity contribution in [2.75, 3.05) is 19.0 Å². The van der Waals surface area contributed by atoms with Crippen LogP contribution in [0.2, 0.25) is 0 Å². The van der Waals surface area contributed by atoms with Crippen LogP contribution in [0.5, 0.6) is 5.75 Å². The number of halogens is 1. The fraction of sp³-hybridized carbons (Fsp3) is 0.286. The second-order valence-electron chi connectivity index (χ2n) is 6.56. The van der Waals surface area contributed by atoms with Crippen molar-refractivity contribution < 1.29 is 28.2 Å². The van der Waals surface area contributed by atoms with Gasteiger partial charge < -0.3 is 20.1 Å². The molecule has 2 amide bonds. The number of para-hydroxylation sites is 1. The number of hydrogen-bond acceptors (Lipinski definition) is 5. The van der Waals surface area contributed by atoms with E-state index in [1.165, 1.54) is 25.3 Å². The quantitative estimate of drug-likeness (QED) is 0.663. The molecule has 2 aromatic carbocycles. The minimum atomic E-state index is -0.953. The maximum atomic E-state index is 13.6. The summed E-state index contributed by atoms with van der Waals surface area (Å²) in [5.74, 6) is -2.18. The van der Waals surface area contributed by atoms with Crippen molar-refractivity contribution in [2.24, 2.45) is 5.92 Å². The Morgan fingerprint density at radius 2 is 1.69 bits per heavy atom. The summed E-state index contributed by atoms with van der Waals surface area (Å²) in [5.41, 5.74) is 0.336. The molecule has 0 fully saturated rings. The van der Waals surface area contributed by atoms with E-state index in [0.29, 0.717) is 11.3 Å². The highest BCUT2D eigenvalue weighted by Gasteiger charge is 2.27. The number of anilines is 1. The van der Waals surface area contributed by atoms with Crippen molar-refractivity contribution in [3.63, 3.8) is 0 Å². The molecule has 0 radical (unpaired) electrons. The zero-order chi connectivity index (χ0) is 21.4. The van der Waals surface area contributed by atoms with Gasteiger partial charge in [0.25, 0.3) is 11.8 Å². The molecule has 8 heteroatoms. The third kappa shape index (κ3) is 6.31. The molecule has 1 atom stereocenters. The Morgan fingerprint density at radius 1 is 1.03 bits per heavy atom. The fourth-order valence-corrected chi connectivity index (χ4v) is 2.44. The SMILES string of the molecule is COc1ccc(C(=O)N[C@H](C(=O)OCC(=O)Nc2ccccc2F)C(C)C)cc1. The summed E-state index contributed by atoms with van der Waals surface area (Å²) in [6.45, 7) is 2.87. The lowest BCUT2D eigenvalue weighted by atomic mass is 10.0. The molecule has 7 nitrogen and oxygen atoms in total. The average molecular weight is 402 g/mol. The number of methoxy groups -OCH3 is 1. The molecular formula is C21H23FN2O5. The van der Waals surface area contributed by atoms with Crippen LogP contribution in [0.15, 0.2) is 48.5 Å². The van der Waals surface area contributed by atoms with Crippen molar-refractivity contribution in [3.05, 3.63) is 59.9 Å². The maximum absolute atomic E-state index is 13.6. The number of ether oxygens (including phenoxy) is 2. The van der Waals surface area contributed by atoms with Gasteiger partial charge in [-0.15, -0.1) is 0 Å². The summed E-state index contributed by atoms with van der Waals surface area (Å²) < 4.78 is 23.6. The Kier molecular flexibility index (Phi) is 7.70. The van der Waals surface area contributed by atoms with Crippen molar-refractivity contribution in [1.82, 2.24) is 5.32 Å². The molecule has 0 aliphatic carbocycles.